The van der Waals surface area contributed by atoms with Crippen molar-refractivity contribution in [2.75, 3.05) is 20.1 Å². The zero-order chi connectivity index (χ0) is 15.7. The lowest BCUT2D eigenvalue weighted by atomic mass is 10.2. The van der Waals surface area contributed by atoms with E-state index in [1.807, 2.05) is 0 Å². The molecule has 0 amide bonds. The van der Waals surface area contributed by atoms with Crippen molar-refractivity contribution in [2.24, 2.45) is 5.73 Å². The quantitative estimate of drug-likeness (QED) is 0.769. The number of hydrogen-bond donors (Lipinski definition) is 2. The molecule has 1 unspecified atom stereocenters. The zero-order valence-electron chi connectivity index (χ0n) is 11.7. The molecular weight excluding hydrogens is 314 g/mol. The molecule has 21 heavy (non-hydrogen) atoms. The highest BCUT2D eigenvalue weighted by Crippen LogP contribution is 2.26. The highest BCUT2D eigenvalue weighted by molar-refractivity contribution is 7.89. The highest BCUT2D eigenvalue weighted by atomic mass is 32.2. The van der Waals surface area contributed by atoms with E-state index in [2.05, 4.69) is 4.72 Å². The van der Waals surface area contributed by atoms with Crippen LogP contribution in [0.2, 0.25) is 0 Å². The molecule has 9 heteroatoms. The van der Waals surface area contributed by atoms with Gasteiger partial charge in [-0.05, 0) is 44.2 Å². The summed E-state index contributed by atoms with van der Waals surface area (Å²) in [6.07, 6.45) is 1.54. The fourth-order valence-corrected chi connectivity index (χ4v) is 4.84. The van der Waals surface area contributed by atoms with Crippen molar-refractivity contribution in [2.45, 2.75) is 28.7 Å². The first-order valence-electron chi connectivity index (χ1n) is 6.58. The number of sulfonamides is 2. The van der Waals surface area contributed by atoms with Crippen LogP contribution in [-0.2, 0) is 20.0 Å². The van der Waals surface area contributed by atoms with Gasteiger partial charge in [-0.15, -0.1) is 0 Å². The second kappa shape index (κ2) is 6.01. The van der Waals surface area contributed by atoms with E-state index in [1.165, 1.54) is 35.6 Å². The summed E-state index contributed by atoms with van der Waals surface area (Å²) < 4.78 is 51.9. The van der Waals surface area contributed by atoms with Gasteiger partial charge in [-0.1, -0.05) is 0 Å². The van der Waals surface area contributed by atoms with E-state index >= 15 is 0 Å². The van der Waals surface area contributed by atoms with Crippen LogP contribution in [0.4, 0.5) is 0 Å². The van der Waals surface area contributed by atoms with Gasteiger partial charge in [0.15, 0.2) is 0 Å². The Kier molecular flexibility index (Phi) is 4.69. The van der Waals surface area contributed by atoms with E-state index in [-0.39, 0.29) is 22.4 Å². The van der Waals surface area contributed by atoms with Gasteiger partial charge < -0.3 is 5.73 Å². The molecule has 1 atom stereocenters. The van der Waals surface area contributed by atoms with Crippen LogP contribution < -0.4 is 10.5 Å². The Bertz CT molecular complexity index is 699. The summed E-state index contributed by atoms with van der Waals surface area (Å²) in [5, 5.41) is 0. The minimum atomic E-state index is -3.63. The summed E-state index contributed by atoms with van der Waals surface area (Å²) in [5.74, 6) is 0. The molecule has 1 aliphatic rings. The minimum absolute atomic E-state index is 0.0285. The van der Waals surface area contributed by atoms with Crippen LogP contribution in [0.25, 0.3) is 0 Å². The molecule has 0 aromatic heterocycles. The fourth-order valence-electron chi connectivity index (χ4n) is 2.41. The summed E-state index contributed by atoms with van der Waals surface area (Å²) in [7, 11) is -5.90. The Labute approximate surface area is 125 Å². The zero-order valence-corrected chi connectivity index (χ0v) is 13.3. The number of rotatable bonds is 5. The molecule has 0 bridgehead atoms. The predicted molar refractivity (Wildman–Crippen MR) is 78.7 cm³/mol. The van der Waals surface area contributed by atoms with E-state index in [0.29, 0.717) is 6.54 Å². The van der Waals surface area contributed by atoms with Gasteiger partial charge in [0, 0.05) is 19.1 Å². The van der Waals surface area contributed by atoms with Crippen molar-refractivity contribution in [3.05, 3.63) is 24.3 Å². The molecule has 1 aromatic carbocycles. The summed E-state index contributed by atoms with van der Waals surface area (Å²) in [6.45, 7) is 0.728. The maximum atomic E-state index is 12.5. The molecular formula is C12H19N3O4S2. The molecule has 0 aliphatic carbocycles. The van der Waals surface area contributed by atoms with Crippen molar-refractivity contribution in [3.63, 3.8) is 0 Å². The summed E-state index contributed by atoms with van der Waals surface area (Å²) >= 11 is 0. The molecule has 118 valence electrons. The molecule has 1 aliphatic heterocycles. The average Bonchev–Trinajstić information content (AvgIpc) is 2.96. The Hall–Kier alpha value is -1.00. The Morgan fingerprint density at radius 1 is 1.19 bits per heavy atom. The van der Waals surface area contributed by atoms with Crippen LogP contribution >= 0.6 is 0 Å². The number of nitrogens with two attached hydrogens (primary N) is 1. The Balaban J connectivity index is 2.34. The Morgan fingerprint density at radius 2 is 1.76 bits per heavy atom. The maximum absolute atomic E-state index is 12.5. The lowest BCUT2D eigenvalue weighted by Gasteiger charge is -2.22. The number of nitrogens with one attached hydrogen (secondary N) is 1. The van der Waals surface area contributed by atoms with Crippen LogP contribution in [0.15, 0.2) is 34.1 Å². The van der Waals surface area contributed by atoms with Gasteiger partial charge in [0.05, 0.1) is 9.79 Å². The largest absolute Gasteiger partial charge is 0.329 e. The molecule has 0 radical (unpaired) electrons. The van der Waals surface area contributed by atoms with Crippen molar-refractivity contribution in [1.29, 1.82) is 0 Å². The molecule has 0 spiro atoms. The third-order valence-corrected chi connectivity index (χ3v) is 7.00. The monoisotopic (exact) mass is 333 g/mol. The lowest BCUT2D eigenvalue weighted by Crippen LogP contribution is -2.39. The second-order valence-electron chi connectivity index (χ2n) is 4.83. The average molecular weight is 333 g/mol. The van der Waals surface area contributed by atoms with Crippen LogP contribution in [0.1, 0.15) is 12.8 Å². The Morgan fingerprint density at radius 3 is 2.29 bits per heavy atom. The summed E-state index contributed by atoms with van der Waals surface area (Å²) in [4.78, 5) is 0.110. The molecule has 1 fully saturated rings. The number of hydrogen-bond acceptors (Lipinski definition) is 5. The van der Waals surface area contributed by atoms with E-state index in [9.17, 15) is 16.8 Å². The first-order chi connectivity index (χ1) is 9.82. The second-order valence-corrected chi connectivity index (χ2v) is 8.60. The normalized spacial score (nSPS) is 20.8. The predicted octanol–water partition coefficient (Wildman–Crippen LogP) is -0.293. The topological polar surface area (TPSA) is 110 Å². The molecule has 1 saturated heterocycles. The van der Waals surface area contributed by atoms with Gasteiger partial charge >= 0.3 is 0 Å². The van der Waals surface area contributed by atoms with Gasteiger partial charge in [-0.25, -0.2) is 21.6 Å². The van der Waals surface area contributed by atoms with Gasteiger partial charge in [-0.3, -0.25) is 0 Å². The number of benzene rings is 1. The molecule has 1 heterocycles. The van der Waals surface area contributed by atoms with Crippen molar-refractivity contribution in [1.82, 2.24) is 9.03 Å². The van der Waals surface area contributed by atoms with Gasteiger partial charge in [0.2, 0.25) is 20.0 Å². The lowest BCUT2D eigenvalue weighted by molar-refractivity contribution is 0.393. The third kappa shape index (κ3) is 3.11. The van der Waals surface area contributed by atoms with Gasteiger partial charge in [0.25, 0.3) is 0 Å². The smallest absolute Gasteiger partial charge is 0.243 e. The molecule has 1 aromatic rings. The summed E-state index contributed by atoms with van der Waals surface area (Å²) in [5.41, 5.74) is 5.60. The first-order valence-corrected chi connectivity index (χ1v) is 9.51. The van der Waals surface area contributed by atoms with E-state index in [4.69, 9.17) is 5.73 Å². The molecule has 3 N–H and O–H groups in total. The highest BCUT2D eigenvalue weighted by Gasteiger charge is 2.34. The first kappa shape index (κ1) is 16.4. The van der Waals surface area contributed by atoms with Crippen LogP contribution in [-0.4, -0.2) is 47.3 Å². The van der Waals surface area contributed by atoms with Crippen molar-refractivity contribution in [3.8, 4) is 0 Å². The standard InChI is InChI=1S/C12H19N3O4S2/c1-14-20(16,17)11-4-6-12(7-5-11)21(18,19)15-8-2-3-10(15)9-13/h4-7,10,14H,2-3,8-9,13H2,1H3. The molecule has 0 saturated carbocycles. The van der Waals surface area contributed by atoms with Crippen molar-refractivity contribution >= 4 is 20.0 Å². The summed E-state index contributed by atoms with van der Waals surface area (Å²) in [6, 6.07) is 5.01. The van der Waals surface area contributed by atoms with Crippen molar-refractivity contribution < 1.29 is 16.8 Å². The third-order valence-electron chi connectivity index (χ3n) is 3.60. The van der Waals surface area contributed by atoms with Gasteiger partial charge in [-0.2, -0.15) is 4.31 Å². The van der Waals surface area contributed by atoms with Crippen LogP contribution in [0.3, 0.4) is 0 Å². The van der Waals surface area contributed by atoms with E-state index < -0.39 is 20.0 Å². The molecule has 2 rings (SSSR count). The van der Waals surface area contributed by atoms with E-state index in [0.717, 1.165) is 12.8 Å². The maximum Gasteiger partial charge on any atom is 0.243 e. The minimum Gasteiger partial charge on any atom is -0.329 e. The SMILES string of the molecule is CNS(=O)(=O)c1ccc(S(=O)(=O)N2CCCC2CN)cc1. The van der Waals surface area contributed by atoms with Gasteiger partial charge in [0.1, 0.15) is 0 Å². The van der Waals surface area contributed by atoms with Crippen LogP contribution in [0.5, 0.6) is 0 Å². The van der Waals surface area contributed by atoms with E-state index in [1.54, 1.807) is 0 Å². The number of nitrogens with zero attached hydrogens (tertiary/aromatic N) is 1. The fraction of sp³-hybridized carbons (Fsp3) is 0.500. The van der Waals surface area contributed by atoms with Crippen LogP contribution in [0, 0.1) is 0 Å². The molecule has 7 nitrogen and oxygen atoms in total.